The Morgan fingerprint density at radius 2 is 1.70 bits per heavy atom. The lowest BCUT2D eigenvalue weighted by Gasteiger charge is -2.35. The van der Waals surface area contributed by atoms with Crippen molar-refractivity contribution in [1.29, 1.82) is 0 Å². The Bertz CT molecular complexity index is 1300. The van der Waals surface area contributed by atoms with Gasteiger partial charge in [-0.15, -0.1) is 0 Å². The summed E-state index contributed by atoms with van der Waals surface area (Å²) in [4.78, 5) is 43.5. The standard InChI is InChI=1S/C36H53N5O6/c1-25-22-41(26(2)24-42)34(43)31-21-30(38-35(44)37-28-14-7-5-8-15-28)18-19-32(31)47-27(3)13-11-12-20-46-33(25)23-40(4)36(45)39-29-16-9-6-10-17-29/h6,9-10,16-19,21,25-28,33,42H,5,7-8,11-15,20,22-24H2,1-4H3,(H,39,45)(H2,37,38,44)/t25-,26+,27-,33+/m0/s1. The van der Waals surface area contributed by atoms with E-state index in [1.54, 1.807) is 42.0 Å². The Morgan fingerprint density at radius 3 is 2.43 bits per heavy atom. The predicted octanol–water partition coefficient (Wildman–Crippen LogP) is 6.10. The van der Waals surface area contributed by atoms with Crippen molar-refractivity contribution in [2.45, 2.75) is 96.4 Å². The zero-order chi connectivity index (χ0) is 33.8. The number of ether oxygens (including phenoxy) is 2. The molecular formula is C36H53N5O6. The molecule has 0 aromatic heterocycles. The Kier molecular flexibility index (Phi) is 13.7. The fourth-order valence-corrected chi connectivity index (χ4v) is 6.16. The van der Waals surface area contributed by atoms with E-state index < -0.39 is 6.04 Å². The number of hydrogen-bond donors (Lipinski definition) is 4. The van der Waals surface area contributed by atoms with Crippen LogP contribution in [0.5, 0.6) is 5.75 Å². The number of anilines is 2. The largest absolute Gasteiger partial charge is 0.490 e. The molecule has 0 bridgehead atoms. The molecule has 4 N–H and O–H groups in total. The second kappa shape index (κ2) is 17.9. The monoisotopic (exact) mass is 651 g/mol. The lowest BCUT2D eigenvalue weighted by Crippen LogP contribution is -2.48. The third-order valence-corrected chi connectivity index (χ3v) is 9.08. The van der Waals surface area contributed by atoms with Crippen LogP contribution >= 0.6 is 0 Å². The first kappa shape index (κ1) is 36.0. The zero-order valence-corrected chi connectivity index (χ0v) is 28.4. The van der Waals surface area contributed by atoms with Crippen LogP contribution in [0.15, 0.2) is 48.5 Å². The molecule has 0 unspecified atom stereocenters. The van der Waals surface area contributed by atoms with Gasteiger partial charge in [-0.1, -0.05) is 44.4 Å². The minimum Gasteiger partial charge on any atom is -0.490 e. The van der Waals surface area contributed by atoms with Crippen molar-refractivity contribution in [3.63, 3.8) is 0 Å². The molecule has 2 aromatic carbocycles. The van der Waals surface area contributed by atoms with E-state index in [9.17, 15) is 19.5 Å². The summed E-state index contributed by atoms with van der Waals surface area (Å²) in [6.45, 7) is 6.63. The second-order valence-corrected chi connectivity index (χ2v) is 13.1. The van der Waals surface area contributed by atoms with Gasteiger partial charge in [0.2, 0.25) is 0 Å². The number of aliphatic hydroxyl groups excluding tert-OH is 1. The van der Waals surface area contributed by atoms with Crippen LogP contribution in [-0.4, -0.2) is 90.5 Å². The fourth-order valence-electron chi connectivity index (χ4n) is 6.16. The van der Waals surface area contributed by atoms with Crippen molar-refractivity contribution in [3.05, 3.63) is 54.1 Å². The minimum absolute atomic E-state index is 0.146. The molecule has 4 atom stereocenters. The van der Waals surface area contributed by atoms with Crippen LogP contribution in [0.25, 0.3) is 0 Å². The van der Waals surface area contributed by atoms with Gasteiger partial charge in [-0.2, -0.15) is 0 Å². The first-order valence-electron chi connectivity index (χ1n) is 17.1. The van der Waals surface area contributed by atoms with Gasteiger partial charge < -0.3 is 40.3 Å². The molecule has 11 heteroatoms. The van der Waals surface area contributed by atoms with Crippen LogP contribution in [0.4, 0.5) is 21.0 Å². The third-order valence-electron chi connectivity index (χ3n) is 9.08. The van der Waals surface area contributed by atoms with E-state index in [-0.39, 0.29) is 55.3 Å². The minimum atomic E-state index is -0.505. The highest BCUT2D eigenvalue weighted by molar-refractivity contribution is 5.99. The summed E-state index contributed by atoms with van der Waals surface area (Å²) in [7, 11) is 1.73. The number of likely N-dealkylation sites (N-methyl/N-ethyl adjacent to an activating group) is 1. The van der Waals surface area contributed by atoms with Gasteiger partial charge in [0, 0.05) is 50.1 Å². The predicted molar refractivity (Wildman–Crippen MR) is 184 cm³/mol. The van der Waals surface area contributed by atoms with Crippen LogP contribution in [-0.2, 0) is 4.74 Å². The summed E-state index contributed by atoms with van der Waals surface area (Å²) < 4.78 is 12.7. The molecule has 1 aliphatic carbocycles. The molecule has 1 saturated carbocycles. The molecule has 4 rings (SSSR count). The van der Waals surface area contributed by atoms with E-state index in [0.29, 0.717) is 35.8 Å². The van der Waals surface area contributed by atoms with Gasteiger partial charge in [0.1, 0.15) is 5.75 Å². The number of urea groups is 2. The summed E-state index contributed by atoms with van der Waals surface area (Å²) >= 11 is 0. The number of carbonyl (C=O) groups excluding carboxylic acids is 3. The van der Waals surface area contributed by atoms with Crippen molar-refractivity contribution < 1.29 is 29.0 Å². The number of fused-ring (bicyclic) bond motifs is 1. The number of para-hydroxylation sites is 1. The number of aliphatic hydroxyl groups is 1. The van der Waals surface area contributed by atoms with Gasteiger partial charge >= 0.3 is 12.1 Å². The molecule has 1 aliphatic heterocycles. The summed E-state index contributed by atoms with van der Waals surface area (Å²) in [5.74, 6) is -0.0673. The summed E-state index contributed by atoms with van der Waals surface area (Å²) in [6.07, 6.45) is 7.25. The number of rotatable bonds is 7. The highest BCUT2D eigenvalue weighted by Crippen LogP contribution is 2.29. The molecule has 0 saturated heterocycles. The average Bonchev–Trinajstić information content (AvgIpc) is 3.06. The zero-order valence-electron chi connectivity index (χ0n) is 28.4. The van der Waals surface area contributed by atoms with Crippen molar-refractivity contribution in [2.24, 2.45) is 5.92 Å². The van der Waals surface area contributed by atoms with Gasteiger partial charge in [0.05, 0.1) is 30.4 Å². The van der Waals surface area contributed by atoms with E-state index >= 15 is 0 Å². The Hall–Kier alpha value is -3.83. The van der Waals surface area contributed by atoms with Crippen molar-refractivity contribution >= 4 is 29.3 Å². The van der Waals surface area contributed by atoms with E-state index in [4.69, 9.17) is 9.47 Å². The lowest BCUT2D eigenvalue weighted by atomic mass is 9.96. The lowest BCUT2D eigenvalue weighted by molar-refractivity contribution is -0.0115. The topological polar surface area (TPSA) is 132 Å². The molecule has 2 aliphatic rings. The summed E-state index contributed by atoms with van der Waals surface area (Å²) in [5, 5.41) is 19.1. The van der Waals surface area contributed by atoms with E-state index in [1.165, 1.54) is 6.42 Å². The van der Waals surface area contributed by atoms with Crippen molar-refractivity contribution in [1.82, 2.24) is 15.1 Å². The van der Waals surface area contributed by atoms with E-state index in [0.717, 1.165) is 44.9 Å². The molecule has 1 heterocycles. The molecule has 258 valence electrons. The first-order chi connectivity index (χ1) is 22.6. The number of nitrogens with one attached hydrogen (secondary N) is 3. The molecule has 2 aromatic rings. The normalized spacial score (nSPS) is 22.2. The molecule has 0 spiro atoms. The first-order valence-corrected chi connectivity index (χ1v) is 17.1. The van der Waals surface area contributed by atoms with Crippen molar-refractivity contribution in [3.8, 4) is 5.75 Å². The maximum atomic E-state index is 14.3. The van der Waals surface area contributed by atoms with Crippen LogP contribution in [0, 0.1) is 5.92 Å². The van der Waals surface area contributed by atoms with Gasteiger partial charge in [0.15, 0.2) is 0 Å². The highest BCUT2D eigenvalue weighted by atomic mass is 16.5. The summed E-state index contributed by atoms with van der Waals surface area (Å²) in [6, 6.07) is 13.5. The number of benzene rings is 2. The number of amides is 5. The quantitative estimate of drug-likeness (QED) is 0.286. The molecular weight excluding hydrogens is 598 g/mol. The van der Waals surface area contributed by atoms with E-state index in [1.807, 2.05) is 44.2 Å². The Balaban J connectivity index is 1.56. The van der Waals surface area contributed by atoms with E-state index in [2.05, 4.69) is 16.0 Å². The van der Waals surface area contributed by atoms with Crippen LogP contribution in [0.1, 0.15) is 82.5 Å². The van der Waals surface area contributed by atoms with Gasteiger partial charge in [0.25, 0.3) is 5.91 Å². The number of carbonyl (C=O) groups is 3. The Labute approximate surface area is 279 Å². The molecule has 5 amide bonds. The summed E-state index contributed by atoms with van der Waals surface area (Å²) in [5.41, 5.74) is 1.50. The highest BCUT2D eigenvalue weighted by Gasteiger charge is 2.31. The number of nitrogens with zero attached hydrogens (tertiary/aromatic N) is 2. The third kappa shape index (κ3) is 10.9. The van der Waals surface area contributed by atoms with Crippen LogP contribution in [0.2, 0.25) is 0 Å². The molecule has 11 nitrogen and oxygen atoms in total. The maximum absolute atomic E-state index is 14.3. The SMILES string of the molecule is C[C@H](CO)N1C[C@H](C)[C@@H](CN(C)C(=O)Nc2ccccc2)OCCCC[C@H](C)Oc2ccc(NC(=O)NC3CCCCC3)cc2C1=O. The van der Waals surface area contributed by atoms with Crippen molar-refractivity contribution in [2.75, 3.05) is 44.0 Å². The maximum Gasteiger partial charge on any atom is 0.321 e. The average molecular weight is 652 g/mol. The second-order valence-electron chi connectivity index (χ2n) is 13.1. The van der Waals surface area contributed by atoms with Gasteiger partial charge in [-0.3, -0.25) is 4.79 Å². The van der Waals surface area contributed by atoms with Gasteiger partial charge in [-0.25, -0.2) is 9.59 Å². The fraction of sp³-hybridized carbons (Fsp3) is 0.583. The van der Waals surface area contributed by atoms with Gasteiger partial charge in [-0.05, 0) is 76.3 Å². The molecule has 0 radical (unpaired) electrons. The molecule has 47 heavy (non-hydrogen) atoms. The van der Waals surface area contributed by atoms with Crippen LogP contribution in [0.3, 0.4) is 0 Å². The number of hydrogen-bond acceptors (Lipinski definition) is 6. The smallest absolute Gasteiger partial charge is 0.321 e. The van der Waals surface area contributed by atoms with Crippen LogP contribution < -0.4 is 20.7 Å². The molecule has 1 fully saturated rings. The Morgan fingerprint density at radius 1 is 0.979 bits per heavy atom.